The van der Waals surface area contributed by atoms with Gasteiger partial charge in [0.25, 0.3) is 0 Å². The van der Waals surface area contributed by atoms with E-state index in [0.29, 0.717) is 6.42 Å². The molecule has 3 N–H and O–H groups in total. The van der Waals surface area contributed by atoms with Crippen molar-refractivity contribution in [1.82, 2.24) is 0 Å². The third kappa shape index (κ3) is 63.7. The van der Waals surface area contributed by atoms with Crippen molar-refractivity contribution < 1.29 is 37.6 Å². The normalized spacial score (nSPS) is 13.0. The minimum Gasteiger partial charge on any atom is -0.462 e. The molecular weight excluding hydrogens is 990 g/mol. The van der Waals surface area contributed by atoms with Crippen LogP contribution in [0.3, 0.4) is 0 Å². The molecule has 0 aromatic carbocycles. The predicted molar refractivity (Wildman–Crippen MR) is 335 cm³/mol. The lowest BCUT2D eigenvalue weighted by Gasteiger charge is -2.19. The monoisotopic (exact) mass is 1120 g/mol. The number of hydrogen-bond acceptors (Lipinski definition) is 8. The number of nitrogens with two attached hydrogens (primary N) is 1. The topological polar surface area (TPSA) is 134 Å². The summed E-state index contributed by atoms with van der Waals surface area (Å²) in [5, 5.41) is 0. The van der Waals surface area contributed by atoms with E-state index in [1.807, 2.05) is 0 Å². The standard InChI is InChI=1S/C68H132NO8P/c1-3-5-7-9-11-13-15-17-19-21-23-25-27-28-29-30-31-32-33-34-35-36-37-38-39-41-43-45-47-49-51-53-55-57-59-61-68(71)77-66(65-76-78(72,73)75-63-62-69)64-74-67(70)60-58-56-54-52-50-48-46-44-42-40-26-24-22-20-18-16-14-12-10-8-6-4-2/h15,17,21,23,66H,3-14,16,18-20,22,24-65,69H2,1-2H3,(H,72,73)/b17-15-,23-21-. The lowest BCUT2D eigenvalue weighted by Crippen LogP contribution is -2.29. The molecule has 0 saturated heterocycles. The lowest BCUT2D eigenvalue weighted by molar-refractivity contribution is -0.161. The maximum atomic E-state index is 12.8. The van der Waals surface area contributed by atoms with Crippen molar-refractivity contribution >= 4 is 19.8 Å². The average molecular weight is 1120 g/mol. The molecule has 0 aliphatic rings. The van der Waals surface area contributed by atoms with E-state index in [-0.39, 0.29) is 38.6 Å². The van der Waals surface area contributed by atoms with Gasteiger partial charge in [0.05, 0.1) is 13.2 Å². The van der Waals surface area contributed by atoms with Crippen LogP contribution in [0.2, 0.25) is 0 Å². The van der Waals surface area contributed by atoms with Crippen LogP contribution in [0.5, 0.6) is 0 Å². The zero-order valence-corrected chi connectivity index (χ0v) is 52.8. The average Bonchev–Trinajstić information content (AvgIpc) is 3.43. The molecule has 10 heteroatoms. The largest absolute Gasteiger partial charge is 0.472 e. The van der Waals surface area contributed by atoms with Gasteiger partial charge in [0.2, 0.25) is 0 Å². The van der Waals surface area contributed by atoms with Gasteiger partial charge in [-0.15, -0.1) is 0 Å². The second-order valence-corrected chi connectivity index (χ2v) is 24.9. The maximum Gasteiger partial charge on any atom is 0.472 e. The second-order valence-electron chi connectivity index (χ2n) is 23.4. The first kappa shape index (κ1) is 76.5. The fraction of sp³-hybridized carbons (Fsp3) is 0.912. The van der Waals surface area contributed by atoms with E-state index in [1.165, 1.54) is 295 Å². The highest BCUT2D eigenvalue weighted by Gasteiger charge is 2.26. The third-order valence-corrected chi connectivity index (χ3v) is 16.6. The van der Waals surface area contributed by atoms with Crippen LogP contribution in [0.4, 0.5) is 0 Å². The molecule has 0 rings (SSSR count). The first-order valence-corrected chi connectivity index (χ1v) is 35.8. The molecule has 0 aromatic rings. The summed E-state index contributed by atoms with van der Waals surface area (Å²) in [6, 6.07) is 0. The highest BCUT2D eigenvalue weighted by Crippen LogP contribution is 2.43. The molecule has 0 aliphatic carbocycles. The van der Waals surface area contributed by atoms with E-state index >= 15 is 0 Å². The number of phosphoric ester groups is 1. The van der Waals surface area contributed by atoms with Crippen molar-refractivity contribution in [2.75, 3.05) is 26.4 Å². The molecule has 0 saturated carbocycles. The Balaban J connectivity index is 3.80. The number of phosphoric acid groups is 1. The second kappa shape index (κ2) is 64.7. The molecule has 0 fully saturated rings. The Morgan fingerprint density at radius 3 is 0.974 bits per heavy atom. The van der Waals surface area contributed by atoms with E-state index < -0.39 is 26.5 Å². The van der Waals surface area contributed by atoms with Crippen LogP contribution in [0, 0.1) is 0 Å². The molecule has 0 spiro atoms. The Kier molecular flexibility index (Phi) is 63.4. The molecule has 0 aromatic heterocycles. The van der Waals surface area contributed by atoms with Gasteiger partial charge in [-0.25, -0.2) is 4.57 Å². The number of unbranched alkanes of at least 4 members (excludes halogenated alkanes) is 49. The van der Waals surface area contributed by atoms with Crippen molar-refractivity contribution in [2.45, 2.75) is 373 Å². The lowest BCUT2D eigenvalue weighted by atomic mass is 10.0. The first-order valence-electron chi connectivity index (χ1n) is 34.3. The Hall–Kier alpha value is -1.51. The summed E-state index contributed by atoms with van der Waals surface area (Å²) >= 11 is 0. The van der Waals surface area contributed by atoms with Crippen LogP contribution < -0.4 is 5.73 Å². The molecule has 78 heavy (non-hydrogen) atoms. The Bertz CT molecular complexity index is 1330. The van der Waals surface area contributed by atoms with Crippen molar-refractivity contribution in [2.24, 2.45) is 5.73 Å². The van der Waals surface area contributed by atoms with Crippen LogP contribution in [0.1, 0.15) is 367 Å². The zero-order chi connectivity index (χ0) is 56.6. The first-order chi connectivity index (χ1) is 38.3. The number of rotatable bonds is 66. The van der Waals surface area contributed by atoms with Crippen molar-refractivity contribution in [3.8, 4) is 0 Å². The van der Waals surface area contributed by atoms with Crippen LogP contribution >= 0.6 is 7.82 Å². The van der Waals surface area contributed by atoms with Crippen LogP contribution in [-0.2, 0) is 32.7 Å². The molecule has 0 aliphatic heterocycles. The summed E-state index contributed by atoms with van der Waals surface area (Å²) < 4.78 is 33.2. The minimum absolute atomic E-state index is 0.0573. The zero-order valence-electron chi connectivity index (χ0n) is 51.9. The molecule has 0 bridgehead atoms. The van der Waals surface area contributed by atoms with Crippen LogP contribution in [0.15, 0.2) is 24.3 Å². The maximum absolute atomic E-state index is 12.8. The van der Waals surface area contributed by atoms with E-state index in [2.05, 4.69) is 38.2 Å². The SMILES string of the molecule is CCCCCCC/C=C\C/C=C\CCCCCCCCCCCCCCCCCCCCCCCCCC(=O)OC(COC(=O)CCCCCCCCCCCCCCCCCCCCCCCC)COP(=O)(O)OCCN. The van der Waals surface area contributed by atoms with Crippen LogP contribution in [-0.4, -0.2) is 49.3 Å². The highest BCUT2D eigenvalue weighted by atomic mass is 31.2. The van der Waals surface area contributed by atoms with Gasteiger partial charge in [-0.2, -0.15) is 0 Å². The van der Waals surface area contributed by atoms with Gasteiger partial charge in [-0.1, -0.05) is 334 Å². The fourth-order valence-electron chi connectivity index (χ4n) is 10.5. The van der Waals surface area contributed by atoms with Crippen molar-refractivity contribution in [3.05, 3.63) is 24.3 Å². The van der Waals surface area contributed by atoms with E-state index in [0.717, 1.165) is 38.5 Å². The Labute approximate surface area is 484 Å². The summed E-state index contributed by atoms with van der Waals surface area (Å²) in [4.78, 5) is 35.3. The molecule has 2 atom stereocenters. The molecule has 9 nitrogen and oxygen atoms in total. The summed E-state index contributed by atoms with van der Waals surface area (Å²) in [6.45, 7) is 3.81. The Morgan fingerprint density at radius 2 is 0.667 bits per heavy atom. The summed E-state index contributed by atoms with van der Waals surface area (Å²) in [5.41, 5.74) is 5.40. The third-order valence-electron chi connectivity index (χ3n) is 15.6. The van der Waals surface area contributed by atoms with Gasteiger partial charge in [-0.05, 0) is 44.9 Å². The van der Waals surface area contributed by atoms with Gasteiger partial charge >= 0.3 is 19.8 Å². The molecule has 2 unspecified atom stereocenters. The van der Waals surface area contributed by atoms with Gasteiger partial charge in [-0.3, -0.25) is 18.6 Å². The number of allylic oxidation sites excluding steroid dienone is 4. The summed E-state index contributed by atoms with van der Waals surface area (Å²) in [5.74, 6) is -0.802. The van der Waals surface area contributed by atoms with Gasteiger partial charge < -0.3 is 20.1 Å². The summed E-state index contributed by atoms with van der Waals surface area (Å²) in [6.07, 6.45) is 78.5. The molecular formula is C68H132NO8P. The number of ether oxygens (including phenoxy) is 2. The number of hydrogen-bond donors (Lipinski definition) is 2. The van der Waals surface area contributed by atoms with Gasteiger partial charge in [0.1, 0.15) is 6.61 Å². The van der Waals surface area contributed by atoms with E-state index in [4.69, 9.17) is 24.3 Å². The highest BCUT2D eigenvalue weighted by molar-refractivity contribution is 7.47. The van der Waals surface area contributed by atoms with E-state index in [1.54, 1.807) is 0 Å². The summed E-state index contributed by atoms with van der Waals surface area (Å²) in [7, 11) is -4.39. The van der Waals surface area contributed by atoms with E-state index in [9.17, 15) is 19.0 Å². The molecule has 0 radical (unpaired) electrons. The fourth-order valence-corrected chi connectivity index (χ4v) is 11.3. The quantitative estimate of drug-likeness (QED) is 0.0264. The van der Waals surface area contributed by atoms with Gasteiger partial charge in [0.15, 0.2) is 6.10 Å². The molecule has 0 heterocycles. The minimum atomic E-state index is -4.39. The van der Waals surface area contributed by atoms with Crippen molar-refractivity contribution in [3.63, 3.8) is 0 Å². The number of esters is 2. The van der Waals surface area contributed by atoms with Gasteiger partial charge in [0, 0.05) is 19.4 Å². The smallest absolute Gasteiger partial charge is 0.462 e. The molecule has 0 amide bonds. The number of carbonyl (C=O) groups is 2. The number of carbonyl (C=O) groups excluding carboxylic acids is 2. The Morgan fingerprint density at radius 1 is 0.385 bits per heavy atom. The molecule has 462 valence electrons. The van der Waals surface area contributed by atoms with Crippen LogP contribution in [0.25, 0.3) is 0 Å². The predicted octanol–water partition coefficient (Wildman–Crippen LogP) is 22.1. The van der Waals surface area contributed by atoms with Crippen molar-refractivity contribution in [1.29, 1.82) is 0 Å².